The lowest BCUT2D eigenvalue weighted by Crippen LogP contribution is -2.42. The third-order valence-corrected chi connectivity index (χ3v) is 1.75. The zero-order chi connectivity index (χ0) is 11.5. The zero-order valence-electron chi connectivity index (χ0n) is 8.54. The van der Waals surface area contributed by atoms with Gasteiger partial charge in [0.2, 0.25) is 0 Å². The third-order valence-electron chi connectivity index (χ3n) is 1.75. The summed E-state index contributed by atoms with van der Waals surface area (Å²) in [5.74, 6) is 1.52. The highest BCUT2D eigenvalue weighted by molar-refractivity contribution is 5.92. The molecule has 4 heteroatoms. The van der Waals surface area contributed by atoms with Crippen LogP contribution in [0.4, 0.5) is 4.39 Å². The van der Waals surface area contributed by atoms with E-state index in [0.717, 1.165) is 6.20 Å². The molecule has 1 aromatic heterocycles. The van der Waals surface area contributed by atoms with Crippen molar-refractivity contribution in [1.82, 2.24) is 10.3 Å². The quantitative estimate of drug-likeness (QED) is 0.742. The van der Waals surface area contributed by atoms with E-state index < -0.39 is 17.3 Å². The minimum atomic E-state index is -0.743. The number of nitrogens with zero attached hydrogens (tertiary/aromatic N) is 1. The Hall–Kier alpha value is -1.89. The molecule has 3 nitrogen and oxygen atoms in total. The molecule has 0 bridgehead atoms. The summed E-state index contributed by atoms with van der Waals surface area (Å²) in [6.45, 7) is 3.38. The van der Waals surface area contributed by atoms with Crippen LogP contribution in [0.2, 0.25) is 0 Å². The average molecular weight is 206 g/mol. The lowest BCUT2D eigenvalue weighted by Gasteiger charge is -2.18. The fourth-order valence-corrected chi connectivity index (χ4v) is 0.894. The molecule has 78 valence electrons. The molecule has 0 saturated heterocycles. The standard InChI is InChI=1S/C11H11FN2O/c1-4-11(2,3)14-10(15)9-6-5-8(12)7-13-9/h1,5-7H,2-3H3,(H,14,15). The van der Waals surface area contributed by atoms with Gasteiger partial charge < -0.3 is 5.32 Å². The summed E-state index contributed by atoms with van der Waals surface area (Å²) in [5.41, 5.74) is -0.604. The molecule has 15 heavy (non-hydrogen) atoms. The van der Waals surface area contributed by atoms with Crippen LogP contribution in [-0.2, 0) is 0 Å². The Labute approximate surface area is 87.7 Å². The minimum absolute atomic E-state index is 0.139. The topological polar surface area (TPSA) is 42.0 Å². The summed E-state index contributed by atoms with van der Waals surface area (Å²) in [5, 5.41) is 2.58. The van der Waals surface area contributed by atoms with Crippen LogP contribution in [0.5, 0.6) is 0 Å². The highest BCUT2D eigenvalue weighted by atomic mass is 19.1. The molecule has 1 heterocycles. The van der Waals surface area contributed by atoms with Crippen molar-refractivity contribution in [3.8, 4) is 12.3 Å². The number of halogens is 1. The second-order valence-corrected chi connectivity index (χ2v) is 3.59. The van der Waals surface area contributed by atoms with E-state index in [1.54, 1.807) is 13.8 Å². The van der Waals surface area contributed by atoms with Gasteiger partial charge in [0.1, 0.15) is 11.5 Å². The van der Waals surface area contributed by atoms with Crippen molar-refractivity contribution in [1.29, 1.82) is 0 Å². The van der Waals surface area contributed by atoms with E-state index in [1.807, 2.05) is 0 Å². The van der Waals surface area contributed by atoms with Crippen LogP contribution in [0.15, 0.2) is 18.3 Å². The largest absolute Gasteiger partial charge is 0.335 e. The molecule has 0 aliphatic carbocycles. The number of rotatable bonds is 2. The van der Waals surface area contributed by atoms with Gasteiger partial charge in [0, 0.05) is 0 Å². The number of aromatic nitrogens is 1. The lowest BCUT2D eigenvalue weighted by atomic mass is 10.1. The predicted molar refractivity (Wildman–Crippen MR) is 54.6 cm³/mol. The molecule has 0 fully saturated rings. The second kappa shape index (κ2) is 4.09. The molecule has 0 aliphatic rings. The number of hydrogen-bond donors (Lipinski definition) is 1. The van der Waals surface area contributed by atoms with Gasteiger partial charge in [-0.3, -0.25) is 4.79 Å². The van der Waals surface area contributed by atoms with E-state index >= 15 is 0 Å². The van der Waals surface area contributed by atoms with Crippen molar-refractivity contribution in [3.63, 3.8) is 0 Å². The Kier molecular flexibility index (Phi) is 3.05. The Bertz CT molecular complexity index is 404. The van der Waals surface area contributed by atoms with E-state index in [9.17, 15) is 9.18 Å². The fraction of sp³-hybridized carbons (Fsp3) is 0.273. The molecular formula is C11H11FN2O. The SMILES string of the molecule is C#CC(C)(C)NC(=O)c1ccc(F)cn1. The third kappa shape index (κ3) is 3.06. The molecule has 1 N–H and O–H groups in total. The summed E-state index contributed by atoms with van der Waals surface area (Å²) in [6, 6.07) is 2.47. The van der Waals surface area contributed by atoms with Crippen molar-refractivity contribution in [3.05, 3.63) is 29.8 Å². The molecule has 0 spiro atoms. The first-order valence-corrected chi connectivity index (χ1v) is 4.36. The van der Waals surface area contributed by atoms with Crippen LogP contribution in [-0.4, -0.2) is 16.4 Å². The summed E-state index contributed by atoms with van der Waals surface area (Å²) < 4.78 is 12.5. The number of amides is 1. The Morgan fingerprint density at radius 3 is 2.73 bits per heavy atom. The van der Waals surface area contributed by atoms with E-state index in [1.165, 1.54) is 12.1 Å². The van der Waals surface area contributed by atoms with Gasteiger partial charge in [0.05, 0.1) is 11.7 Å². The molecule has 1 rings (SSSR count). The summed E-state index contributed by atoms with van der Waals surface area (Å²) in [7, 11) is 0. The maximum atomic E-state index is 12.5. The number of carbonyl (C=O) groups excluding carboxylic acids is 1. The molecule has 0 saturated carbocycles. The van der Waals surface area contributed by atoms with Crippen molar-refractivity contribution in [2.24, 2.45) is 0 Å². The fourth-order valence-electron chi connectivity index (χ4n) is 0.894. The second-order valence-electron chi connectivity index (χ2n) is 3.59. The Balaban J connectivity index is 2.79. The van der Waals surface area contributed by atoms with Crippen molar-refractivity contribution < 1.29 is 9.18 Å². The Morgan fingerprint density at radius 2 is 2.27 bits per heavy atom. The number of terminal acetylenes is 1. The first-order valence-electron chi connectivity index (χ1n) is 4.36. The van der Waals surface area contributed by atoms with E-state index in [2.05, 4.69) is 16.2 Å². The van der Waals surface area contributed by atoms with Gasteiger partial charge in [-0.25, -0.2) is 9.37 Å². The number of nitrogens with one attached hydrogen (secondary N) is 1. The first kappa shape index (κ1) is 11.2. The normalized spacial score (nSPS) is 10.5. The predicted octanol–water partition coefficient (Wildman–Crippen LogP) is 1.36. The summed E-state index contributed by atoms with van der Waals surface area (Å²) in [6.07, 6.45) is 6.20. The van der Waals surface area contributed by atoms with Crippen LogP contribution in [0, 0.1) is 18.2 Å². The van der Waals surface area contributed by atoms with Crippen LogP contribution in [0.1, 0.15) is 24.3 Å². The number of pyridine rings is 1. The average Bonchev–Trinajstić information content (AvgIpc) is 2.18. The molecule has 0 aliphatic heterocycles. The van der Waals surface area contributed by atoms with Gasteiger partial charge in [-0.05, 0) is 26.0 Å². The first-order chi connectivity index (χ1) is 6.94. The summed E-state index contributed by atoms with van der Waals surface area (Å²) >= 11 is 0. The maximum Gasteiger partial charge on any atom is 0.271 e. The van der Waals surface area contributed by atoms with Crippen LogP contribution in [0.25, 0.3) is 0 Å². The van der Waals surface area contributed by atoms with E-state index in [0.29, 0.717) is 0 Å². The van der Waals surface area contributed by atoms with Gasteiger partial charge in [-0.1, -0.05) is 5.92 Å². The molecular weight excluding hydrogens is 195 g/mol. The lowest BCUT2D eigenvalue weighted by molar-refractivity contribution is 0.0924. The van der Waals surface area contributed by atoms with Crippen molar-refractivity contribution >= 4 is 5.91 Å². The van der Waals surface area contributed by atoms with E-state index in [-0.39, 0.29) is 5.69 Å². The molecule has 0 unspecified atom stereocenters. The highest BCUT2D eigenvalue weighted by Gasteiger charge is 2.18. The summed E-state index contributed by atoms with van der Waals surface area (Å²) in [4.78, 5) is 15.2. The number of hydrogen-bond acceptors (Lipinski definition) is 2. The van der Waals surface area contributed by atoms with E-state index in [4.69, 9.17) is 6.42 Å². The van der Waals surface area contributed by atoms with Gasteiger partial charge in [0.15, 0.2) is 0 Å². The highest BCUT2D eigenvalue weighted by Crippen LogP contribution is 2.03. The monoisotopic (exact) mass is 206 g/mol. The minimum Gasteiger partial charge on any atom is -0.335 e. The zero-order valence-corrected chi connectivity index (χ0v) is 8.54. The molecule has 1 amide bonds. The molecule has 1 aromatic rings. The van der Waals surface area contributed by atoms with Crippen molar-refractivity contribution in [2.75, 3.05) is 0 Å². The van der Waals surface area contributed by atoms with Gasteiger partial charge in [0.25, 0.3) is 5.91 Å². The van der Waals surface area contributed by atoms with Crippen LogP contribution in [0.3, 0.4) is 0 Å². The molecule has 0 radical (unpaired) electrons. The number of carbonyl (C=O) groups is 1. The van der Waals surface area contributed by atoms with Gasteiger partial charge in [-0.15, -0.1) is 6.42 Å². The van der Waals surface area contributed by atoms with Crippen LogP contribution >= 0.6 is 0 Å². The smallest absolute Gasteiger partial charge is 0.271 e. The van der Waals surface area contributed by atoms with Crippen molar-refractivity contribution in [2.45, 2.75) is 19.4 Å². The van der Waals surface area contributed by atoms with Gasteiger partial charge >= 0.3 is 0 Å². The molecule has 0 aromatic carbocycles. The maximum absolute atomic E-state index is 12.5. The van der Waals surface area contributed by atoms with Crippen LogP contribution < -0.4 is 5.32 Å². The van der Waals surface area contributed by atoms with Gasteiger partial charge in [-0.2, -0.15) is 0 Å². The Morgan fingerprint density at radius 1 is 1.60 bits per heavy atom. The molecule has 0 atom stereocenters.